The number of thiocarbonyl (C=S) groups is 1. The standard InChI is InChI=1S/C18H24N4O2S/c1-23-12-10-21-9-5-7-15(21)17-16(14-6-3-4-8-19-14)20-18(25)22(17)11-13-24-2/h3-9,16-17H,10-13H2,1-2H3,(H,20,25)/t16-,17+/m1/s1. The summed E-state index contributed by atoms with van der Waals surface area (Å²) >= 11 is 5.61. The molecule has 3 heterocycles. The van der Waals surface area contributed by atoms with E-state index in [1.54, 1.807) is 14.2 Å². The molecule has 1 aliphatic heterocycles. The number of rotatable bonds is 8. The van der Waals surface area contributed by atoms with Crippen molar-refractivity contribution in [2.45, 2.75) is 18.6 Å². The van der Waals surface area contributed by atoms with Crippen LogP contribution in [0.3, 0.4) is 0 Å². The topological polar surface area (TPSA) is 51.5 Å². The second-order valence-electron chi connectivity index (χ2n) is 5.93. The summed E-state index contributed by atoms with van der Waals surface area (Å²) < 4.78 is 12.8. The molecule has 2 aromatic heterocycles. The molecule has 0 radical (unpaired) electrons. The van der Waals surface area contributed by atoms with Gasteiger partial charge in [-0.15, -0.1) is 0 Å². The van der Waals surface area contributed by atoms with Crippen molar-refractivity contribution in [2.75, 3.05) is 34.0 Å². The Morgan fingerprint density at radius 3 is 2.64 bits per heavy atom. The van der Waals surface area contributed by atoms with E-state index < -0.39 is 0 Å². The molecular weight excluding hydrogens is 336 g/mol. The molecule has 0 amide bonds. The van der Waals surface area contributed by atoms with Crippen molar-refractivity contribution in [2.24, 2.45) is 0 Å². The highest BCUT2D eigenvalue weighted by Crippen LogP contribution is 2.38. The Balaban J connectivity index is 1.96. The number of aromatic nitrogens is 2. The first-order chi connectivity index (χ1) is 12.3. The van der Waals surface area contributed by atoms with Gasteiger partial charge >= 0.3 is 0 Å². The van der Waals surface area contributed by atoms with Crippen molar-refractivity contribution in [1.82, 2.24) is 19.8 Å². The van der Waals surface area contributed by atoms with E-state index in [4.69, 9.17) is 21.7 Å². The Bertz CT molecular complexity index is 691. The minimum Gasteiger partial charge on any atom is -0.383 e. The molecule has 25 heavy (non-hydrogen) atoms. The number of hydrogen-bond donors (Lipinski definition) is 1. The summed E-state index contributed by atoms with van der Waals surface area (Å²) in [4.78, 5) is 6.74. The summed E-state index contributed by atoms with van der Waals surface area (Å²) in [5.74, 6) is 0. The third-order valence-corrected chi connectivity index (χ3v) is 4.79. The van der Waals surface area contributed by atoms with Crippen molar-refractivity contribution >= 4 is 17.3 Å². The third kappa shape index (κ3) is 3.84. The first-order valence-corrected chi connectivity index (χ1v) is 8.78. The molecule has 1 N–H and O–H groups in total. The number of nitrogens with zero attached hydrogens (tertiary/aromatic N) is 3. The van der Waals surface area contributed by atoms with E-state index in [1.165, 1.54) is 5.69 Å². The van der Waals surface area contributed by atoms with E-state index in [9.17, 15) is 0 Å². The second-order valence-corrected chi connectivity index (χ2v) is 6.32. The minimum absolute atomic E-state index is 0.00162. The van der Waals surface area contributed by atoms with E-state index in [0.717, 1.165) is 23.9 Å². The summed E-state index contributed by atoms with van der Waals surface area (Å²) in [5, 5.41) is 4.18. The molecule has 2 atom stereocenters. The molecular formula is C18H24N4O2S. The van der Waals surface area contributed by atoms with Gasteiger partial charge < -0.3 is 24.3 Å². The van der Waals surface area contributed by atoms with Gasteiger partial charge in [-0.2, -0.15) is 0 Å². The van der Waals surface area contributed by atoms with Gasteiger partial charge in [-0.3, -0.25) is 4.98 Å². The van der Waals surface area contributed by atoms with Gasteiger partial charge in [0.2, 0.25) is 0 Å². The number of pyridine rings is 1. The fraction of sp³-hybridized carbons (Fsp3) is 0.444. The number of hydrogen-bond acceptors (Lipinski definition) is 4. The van der Waals surface area contributed by atoms with Crippen molar-refractivity contribution in [1.29, 1.82) is 0 Å². The molecule has 1 aliphatic rings. The maximum Gasteiger partial charge on any atom is 0.170 e. The minimum atomic E-state index is 0.00162. The molecule has 1 saturated heterocycles. The zero-order valence-corrected chi connectivity index (χ0v) is 15.4. The molecule has 6 nitrogen and oxygen atoms in total. The van der Waals surface area contributed by atoms with Crippen LogP contribution in [0.5, 0.6) is 0 Å². The number of nitrogens with one attached hydrogen (secondary N) is 1. The van der Waals surface area contributed by atoms with Crippen LogP contribution < -0.4 is 5.32 Å². The Morgan fingerprint density at radius 2 is 1.92 bits per heavy atom. The Labute approximate surface area is 153 Å². The quantitative estimate of drug-likeness (QED) is 0.728. The fourth-order valence-corrected chi connectivity index (χ4v) is 3.58. The fourth-order valence-electron chi connectivity index (χ4n) is 3.25. The lowest BCUT2D eigenvalue weighted by atomic mass is 10.0. The largest absolute Gasteiger partial charge is 0.383 e. The summed E-state index contributed by atoms with van der Waals surface area (Å²) in [7, 11) is 3.43. The zero-order chi connectivity index (χ0) is 17.6. The van der Waals surface area contributed by atoms with Crippen molar-refractivity contribution in [3.8, 4) is 0 Å². The van der Waals surface area contributed by atoms with Gasteiger partial charge in [0.1, 0.15) is 0 Å². The van der Waals surface area contributed by atoms with Gasteiger partial charge in [-0.25, -0.2) is 0 Å². The van der Waals surface area contributed by atoms with Crippen LogP contribution in [0, 0.1) is 0 Å². The third-order valence-electron chi connectivity index (χ3n) is 4.44. The second kappa shape index (κ2) is 8.42. The lowest BCUT2D eigenvalue weighted by Gasteiger charge is -2.28. The summed E-state index contributed by atoms with van der Waals surface area (Å²) in [6.45, 7) is 2.81. The average molecular weight is 360 g/mol. The zero-order valence-electron chi connectivity index (χ0n) is 14.6. The molecule has 0 unspecified atom stereocenters. The molecule has 0 aromatic carbocycles. The molecule has 7 heteroatoms. The van der Waals surface area contributed by atoms with E-state index in [1.807, 2.05) is 24.4 Å². The van der Waals surface area contributed by atoms with Crippen LogP contribution >= 0.6 is 12.2 Å². The molecule has 0 spiro atoms. The SMILES string of the molecule is COCCN1C(=S)N[C@H](c2ccccn2)[C@@H]1c1cccn1CCOC. The van der Waals surface area contributed by atoms with Crippen molar-refractivity contribution in [3.05, 3.63) is 54.1 Å². The van der Waals surface area contributed by atoms with Crippen LogP contribution in [0.15, 0.2) is 42.7 Å². The molecule has 2 aromatic rings. The van der Waals surface area contributed by atoms with Crippen LogP contribution in [0.25, 0.3) is 0 Å². The smallest absolute Gasteiger partial charge is 0.170 e. The van der Waals surface area contributed by atoms with Gasteiger partial charge in [0.25, 0.3) is 0 Å². The summed E-state index contributed by atoms with van der Waals surface area (Å²) in [5.41, 5.74) is 2.17. The highest BCUT2D eigenvalue weighted by Gasteiger charge is 2.40. The molecule has 3 rings (SSSR count). The van der Waals surface area contributed by atoms with Crippen LogP contribution in [-0.4, -0.2) is 53.5 Å². The highest BCUT2D eigenvalue weighted by atomic mass is 32.1. The maximum absolute atomic E-state index is 5.61. The Hall–Kier alpha value is -1.96. The molecule has 134 valence electrons. The van der Waals surface area contributed by atoms with Gasteiger partial charge in [-0.05, 0) is 36.5 Å². The Morgan fingerprint density at radius 1 is 1.12 bits per heavy atom. The van der Waals surface area contributed by atoms with Crippen LogP contribution in [0.2, 0.25) is 0 Å². The molecule has 1 fully saturated rings. The van der Waals surface area contributed by atoms with Crippen LogP contribution in [0.4, 0.5) is 0 Å². The molecule has 0 saturated carbocycles. The summed E-state index contributed by atoms with van der Waals surface area (Å²) in [6, 6.07) is 10.2. The molecule has 0 aliphatic carbocycles. The van der Waals surface area contributed by atoms with Gasteiger partial charge in [0.15, 0.2) is 5.11 Å². The number of ether oxygens (including phenoxy) is 2. The van der Waals surface area contributed by atoms with Crippen LogP contribution in [-0.2, 0) is 16.0 Å². The van der Waals surface area contributed by atoms with E-state index >= 15 is 0 Å². The van der Waals surface area contributed by atoms with Gasteiger partial charge in [-0.1, -0.05) is 6.07 Å². The average Bonchev–Trinajstić information content (AvgIpc) is 3.22. The van der Waals surface area contributed by atoms with E-state index in [2.05, 4.69) is 38.1 Å². The first kappa shape index (κ1) is 17.8. The van der Waals surface area contributed by atoms with E-state index in [0.29, 0.717) is 13.2 Å². The van der Waals surface area contributed by atoms with Gasteiger partial charge in [0.05, 0.1) is 31.0 Å². The summed E-state index contributed by atoms with van der Waals surface area (Å²) in [6.07, 6.45) is 3.90. The normalized spacial score (nSPS) is 20.1. The predicted octanol–water partition coefficient (Wildman–Crippen LogP) is 2.15. The highest BCUT2D eigenvalue weighted by molar-refractivity contribution is 7.80. The van der Waals surface area contributed by atoms with Crippen molar-refractivity contribution < 1.29 is 9.47 Å². The first-order valence-electron chi connectivity index (χ1n) is 8.37. The maximum atomic E-state index is 5.61. The lowest BCUT2D eigenvalue weighted by molar-refractivity contribution is 0.159. The lowest BCUT2D eigenvalue weighted by Crippen LogP contribution is -2.33. The van der Waals surface area contributed by atoms with Crippen LogP contribution in [0.1, 0.15) is 23.5 Å². The van der Waals surface area contributed by atoms with Crippen molar-refractivity contribution in [3.63, 3.8) is 0 Å². The predicted molar refractivity (Wildman–Crippen MR) is 100 cm³/mol. The van der Waals surface area contributed by atoms with E-state index in [-0.39, 0.29) is 12.1 Å². The Kier molecular flexibility index (Phi) is 6.01. The molecule has 0 bridgehead atoms. The number of methoxy groups -OCH3 is 2. The van der Waals surface area contributed by atoms with Gasteiger partial charge in [0, 0.05) is 45.4 Å². The monoisotopic (exact) mass is 360 g/mol.